The number of amides is 1. The Balaban J connectivity index is 0.000000260. The fraction of sp³-hybridized carbons (Fsp3) is 0.412. The van der Waals surface area contributed by atoms with Crippen LogP contribution < -0.4 is 10.6 Å². The predicted molar refractivity (Wildman–Crippen MR) is 90.2 cm³/mol. The second-order valence-corrected chi connectivity index (χ2v) is 5.62. The van der Waals surface area contributed by atoms with Crippen LogP contribution in [0.5, 0.6) is 0 Å². The van der Waals surface area contributed by atoms with Crippen LogP contribution in [0, 0.1) is 0 Å². The Hall–Kier alpha value is -2.39. The molecule has 0 aromatic carbocycles. The Morgan fingerprint density at radius 2 is 2.00 bits per heavy atom. The first-order chi connectivity index (χ1) is 12.5. The van der Waals surface area contributed by atoms with E-state index in [1.807, 2.05) is 30.3 Å². The quantitative estimate of drug-likeness (QED) is 0.789. The van der Waals surface area contributed by atoms with Crippen molar-refractivity contribution in [2.24, 2.45) is 0 Å². The van der Waals surface area contributed by atoms with Gasteiger partial charge in [-0.05, 0) is 24.3 Å². The van der Waals surface area contributed by atoms with Crippen LogP contribution in [0.1, 0.15) is 5.76 Å². The van der Waals surface area contributed by atoms with Crippen molar-refractivity contribution in [3.8, 4) is 11.5 Å². The van der Waals surface area contributed by atoms with Crippen LogP contribution in [0.25, 0.3) is 11.5 Å². The van der Waals surface area contributed by atoms with E-state index >= 15 is 0 Å². The molecule has 2 N–H and O–H groups in total. The Morgan fingerprint density at radius 3 is 2.58 bits per heavy atom. The molecular weight excluding hydrogens is 349 g/mol. The smallest absolute Gasteiger partial charge is 0.405 e. The molecule has 1 aliphatic rings. The van der Waals surface area contributed by atoms with Gasteiger partial charge in [-0.25, -0.2) is 0 Å². The van der Waals surface area contributed by atoms with E-state index in [4.69, 9.17) is 4.42 Å². The topological polar surface area (TPSA) is 70.4 Å². The highest BCUT2D eigenvalue weighted by molar-refractivity contribution is 5.51. The molecule has 26 heavy (non-hydrogen) atoms. The Morgan fingerprint density at radius 1 is 1.23 bits per heavy atom. The van der Waals surface area contributed by atoms with Crippen LogP contribution in [-0.4, -0.2) is 55.2 Å². The summed E-state index contributed by atoms with van der Waals surface area (Å²) in [4.78, 5) is 15.9. The number of aromatic nitrogens is 1. The molecule has 2 aromatic heterocycles. The summed E-state index contributed by atoms with van der Waals surface area (Å²) in [6, 6.07) is 9.90. The average molecular weight is 370 g/mol. The number of nitrogens with zero attached hydrogens (tertiary/aromatic N) is 2. The maximum absolute atomic E-state index is 11.0. The zero-order valence-electron chi connectivity index (χ0n) is 14.1. The number of furan rings is 1. The van der Waals surface area contributed by atoms with Crippen LogP contribution in [0.15, 0.2) is 40.9 Å². The molecule has 0 bridgehead atoms. The SMILES string of the molecule is O=CNCC(F)(F)F.c1ccc(-c2ccc(CN3CCNCC3)o2)nc1. The molecule has 1 saturated heterocycles. The largest absolute Gasteiger partial charge is 0.458 e. The molecular formula is C17H21F3N4O2. The number of carbonyl (C=O) groups is 1. The minimum absolute atomic E-state index is 0.00743. The summed E-state index contributed by atoms with van der Waals surface area (Å²) in [5.74, 6) is 1.86. The van der Waals surface area contributed by atoms with Crippen molar-refractivity contribution in [1.29, 1.82) is 0 Å². The van der Waals surface area contributed by atoms with Gasteiger partial charge in [0.25, 0.3) is 0 Å². The number of halogens is 3. The zero-order chi connectivity index (χ0) is 18.8. The van der Waals surface area contributed by atoms with Gasteiger partial charge in [-0.15, -0.1) is 0 Å². The van der Waals surface area contributed by atoms with E-state index < -0.39 is 12.7 Å². The maximum Gasteiger partial charge on any atom is 0.405 e. The molecule has 6 nitrogen and oxygen atoms in total. The summed E-state index contributed by atoms with van der Waals surface area (Å²) < 4.78 is 38.9. The van der Waals surface area contributed by atoms with Gasteiger partial charge in [-0.1, -0.05) is 6.07 Å². The van der Waals surface area contributed by atoms with E-state index in [0.717, 1.165) is 49.9 Å². The highest BCUT2D eigenvalue weighted by atomic mass is 19.4. The highest BCUT2D eigenvalue weighted by Gasteiger charge is 2.25. The van der Waals surface area contributed by atoms with Crippen LogP contribution in [0.3, 0.4) is 0 Å². The molecule has 1 aliphatic heterocycles. The van der Waals surface area contributed by atoms with Gasteiger partial charge in [0.2, 0.25) is 6.41 Å². The number of pyridine rings is 1. The number of nitrogens with one attached hydrogen (secondary N) is 2. The molecule has 0 aliphatic carbocycles. The van der Waals surface area contributed by atoms with Gasteiger partial charge in [0.15, 0.2) is 5.76 Å². The van der Waals surface area contributed by atoms with E-state index in [1.165, 1.54) is 5.32 Å². The molecule has 3 heterocycles. The van der Waals surface area contributed by atoms with Crippen molar-refractivity contribution in [1.82, 2.24) is 20.5 Å². The Kier molecular flexibility index (Phi) is 7.61. The Bertz CT molecular complexity index is 656. The minimum atomic E-state index is -4.29. The third-order valence-corrected chi connectivity index (χ3v) is 3.55. The van der Waals surface area contributed by atoms with Crippen LogP contribution in [0.4, 0.5) is 13.2 Å². The van der Waals surface area contributed by atoms with Gasteiger partial charge in [0, 0.05) is 32.4 Å². The molecule has 2 aromatic rings. The molecule has 1 amide bonds. The maximum atomic E-state index is 11.0. The number of carbonyl (C=O) groups excluding carboxylic acids is 1. The molecule has 0 atom stereocenters. The lowest BCUT2D eigenvalue weighted by Crippen LogP contribution is -2.42. The number of hydrogen-bond acceptors (Lipinski definition) is 5. The van der Waals surface area contributed by atoms with Gasteiger partial charge >= 0.3 is 6.18 Å². The normalized spacial score (nSPS) is 15.0. The van der Waals surface area contributed by atoms with Crippen molar-refractivity contribution >= 4 is 6.41 Å². The second-order valence-electron chi connectivity index (χ2n) is 5.62. The molecule has 0 saturated carbocycles. The van der Waals surface area contributed by atoms with Crippen LogP contribution >= 0.6 is 0 Å². The number of piperazine rings is 1. The first-order valence-electron chi connectivity index (χ1n) is 8.15. The van der Waals surface area contributed by atoms with Crippen LogP contribution in [-0.2, 0) is 11.3 Å². The summed E-state index contributed by atoms with van der Waals surface area (Å²) in [6.45, 7) is 3.92. The number of rotatable bonds is 5. The van der Waals surface area contributed by atoms with Crippen molar-refractivity contribution in [3.05, 3.63) is 42.3 Å². The highest BCUT2D eigenvalue weighted by Crippen LogP contribution is 2.20. The van der Waals surface area contributed by atoms with Crippen molar-refractivity contribution in [2.75, 3.05) is 32.7 Å². The van der Waals surface area contributed by atoms with E-state index in [9.17, 15) is 18.0 Å². The zero-order valence-corrected chi connectivity index (χ0v) is 14.1. The average Bonchev–Trinajstić information content (AvgIpc) is 3.10. The van der Waals surface area contributed by atoms with Gasteiger partial charge < -0.3 is 15.1 Å². The number of alkyl halides is 3. The molecule has 0 radical (unpaired) electrons. The minimum Gasteiger partial charge on any atom is -0.458 e. The Labute approximate surface area is 149 Å². The van der Waals surface area contributed by atoms with E-state index in [2.05, 4.69) is 15.2 Å². The lowest BCUT2D eigenvalue weighted by atomic mass is 10.3. The summed E-state index contributed by atoms with van der Waals surface area (Å²) in [7, 11) is 0. The number of hydrogen-bond donors (Lipinski definition) is 2. The molecule has 0 unspecified atom stereocenters. The van der Waals surface area contributed by atoms with Gasteiger partial charge in [0.1, 0.15) is 18.0 Å². The predicted octanol–water partition coefficient (Wildman–Crippen LogP) is 2.04. The van der Waals surface area contributed by atoms with Crippen molar-refractivity contribution in [3.63, 3.8) is 0 Å². The third kappa shape index (κ3) is 7.24. The van der Waals surface area contributed by atoms with Gasteiger partial charge in [-0.3, -0.25) is 14.7 Å². The lowest BCUT2D eigenvalue weighted by molar-refractivity contribution is -0.132. The van der Waals surface area contributed by atoms with Gasteiger partial charge in [0.05, 0.1) is 6.54 Å². The second kappa shape index (κ2) is 9.93. The molecule has 0 spiro atoms. The molecule has 3 rings (SSSR count). The lowest BCUT2D eigenvalue weighted by Gasteiger charge is -2.26. The summed E-state index contributed by atoms with van der Waals surface area (Å²) in [5.41, 5.74) is 0.893. The first kappa shape index (κ1) is 19.9. The van der Waals surface area contributed by atoms with E-state index in [-0.39, 0.29) is 6.41 Å². The monoisotopic (exact) mass is 370 g/mol. The van der Waals surface area contributed by atoms with E-state index in [0.29, 0.717) is 0 Å². The van der Waals surface area contributed by atoms with Crippen molar-refractivity contribution < 1.29 is 22.4 Å². The molecule has 9 heteroatoms. The van der Waals surface area contributed by atoms with Gasteiger partial charge in [-0.2, -0.15) is 13.2 Å². The molecule has 1 fully saturated rings. The van der Waals surface area contributed by atoms with Crippen molar-refractivity contribution in [2.45, 2.75) is 12.7 Å². The standard InChI is InChI=1S/C14H17N3O.C3H4F3NO/c1-2-6-16-13(3-1)14-5-4-12(18-14)11-17-9-7-15-8-10-17;4-3(5,6)1-7-2-8/h1-6,15H,7-11H2;2H,1H2,(H,7,8). The van der Waals surface area contributed by atoms with E-state index in [1.54, 1.807) is 6.20 Å². The summed E-state index contributed by atoms with van der Waals surface area (Å²) >= 11 is 0. The fourth-order valence-corrected chi connectivity index (χ4v) is 2.36. The molecule has 142 valence electrons. The summed E-state index contributed by atoms with van der Waals surface area (Å²) in [6.07, 6.45) is -2.50. The first-order valence-corrected chi connectivity index (χ1v) is 8.15. The fourth-order valence-electron chi connectivity index (χ4n) is 2.36. The van der Waals surface area contributed by atoms with Crippen LogP contribution in [0.2, 0.25) is 0 Å². The summed E-state index contributed by atoms with van der Waals surface area (Å²) in [5, 5.41) is 4.83. The third-order valence-electron chi connectivity index (χ3n) is 3.55.